The molecular formula is C20H42O3S. The van der Waals surface area contributed by atoms with Crippen molar-refractivity contribution in [3.63, 3.8) is 0 Å². The van der Waals surface area contributed by atoms with Crippen LogP contribution in [0.15, 0.2) is 0 Å². The fraction of sp³-hybridized carbons (Fsp3) is 1.00. The van der Waals surface area contributed by atoms with Crippen molar-refractivity contribution in [3.05, 3.63) is 0 Å². The highest BCUT2D eigenvalue weighted by molar-refractivity contribution is 7.75. The summed E-state index contributed by atoms with van der Waals surface area (Å²) in [6.45, 7) is 7.73. The van der Waals surface area contributed by atoms with E-state index in [0.29, 0.717) is 19.1 Å². The third-order valence-corrected chi connectivity index (χ3v) is 5.31. The van der Waals surface area contributed by atoms with Crippen LogP contribution in [0.2, 0.25) is 0 Å². The second-order valence-corrected chi connectivity index (χ2v) is 7.79. The molecule has 0 fully saturated rings. The predicted molar refractivity (Wildman–Crippen MR) is 105 cm³/mol. The van der Waals surface area contributed by atoms with Crippen molar-refractivity contribution in [1.82, 2.24) is 0 Å². The van der Waals surface area contributed by atoms with Crippen LogP contribution in [0.5, 0.6) is 0 Å². The molecular weight excluding hydrogens is 320 g/mol. The van der Waals surface area contributed by atoms with E-state index < -0.39 is 11.4 Å². The first-order chi connectivity index (χ1) is 11.7. The molecule has 0 aliphatic heterocycles. The first-order valence-electron chi connectivity index (χ1n) is 10.4. The molecule has 0 bridgehead atoms. The minimum absolute atomic E-state index is 0.509. The van der Waals surface area contributed by atoms with Gasteiger partial charge in [-0.3, -0.25) is 8.37 Å². The van der Waals surface area contributed by atoms with E-state index in [1.54, 1.807) is 0 Å². The summed E-state index contributed by atoms with van der Waals surface area (Å²) in [5.41, 5.74) is 0. The summed E-state index contributed by atoms with van der Waals surface area (Å²) in [7, 11) is 0. The SMILES string of the molecule is CCCCCCCCCCCCOS(=O)OCC(CC)CCCC. The Balaban J connectivity index is 3.33. The molecule has 0 aromatic heterocycles. The Labute approximate surface area is 154 Å². The fourth-order valence-electron chi connectivity index (χ4n) is 2.80. The summed E-state index contributed by atoms with van der Waals surface area (Å²) >= 11 is -1.56. The quantitative estimate of drug-likeness (QED) is 0.239. The zero-order chi connectivity index (χ0) is 17.9. The van der Waals surface area contributed by atoms with Crippen LogP contribution in [0.4, 0.5) is 0 Å². The Kier molecular flexibility index (Phi) is 19.5. The molecule has 0 aliphatic rings. The summed E-state index contributed by atoms with van der Waals surface area (Å²) in [5, 5.41) is 0. The van der Waals surface area contributed by atoms with Crippen LogP contribution >= 0.6 is 0 Å². The first-order valence-corrected chi connectivity index (χ1v) is 11.4. The third-order valence-electron chi connectivity index (χ3n) is 4.62. The smallest absolute Gasteiger partial charge is 0.268 e. The van der Waals surface area contributed by atoms with Crippen LogP contribution in [0, 0.1) is 5.92 Å². The first kappa shape index (κ1) is 24.1. The van der Waals surface area contributed by atoms with Crippen LogP contribution in [-0.2, 0) is 19.7 Å². The minimum Gasteiger partial charge on any atom is -0.268 e. The number of hydrogen-bond donors (Lipinski definition) is 0. The van der Waals surface area contributed by atoms with Gasteiger partial charge in [0.15, 0.2) is 0 Å². The van der Waals surface area contributed by atoms with Crippen LogP contribution in [0.1, 0.15) is 111 Å². The lowest BCUT2D eigenvalue weighted by Gasteiger charge is -2.13. The molecule has 0 spiro atoms. The third kappa shape index (κ3) is 16.9. The van der Waals surface area contributed by atoms with E-state index in [2.05, 4.69) is 20.8 Å². The molecule has 0 N–H and O–H groups in total. The molecule has 0 aromatic rings. The summed E-state index contributed by atoms with van der Waals surface area (Å²) in [5.74, 6) is 0.509. The predicted octanol–water partition coefficient (Wildman–Crippen LogP) is 6.74. The normalized spacial score (nSPS) is 14.0. The Morgan fingerprint density at radius 1 is 0.708 bits per heavy atom. The molecule has 24 heavy (non-hydrogen) atoms. The van der Waals surface area contributed by atoms with E-state index in [1.807, 2.05) is 0 Å². The van der Waals surface area contributed by atoms with Gasteiger partial charge in [0.05, 0.1) is 13.2 Å². The Hall–Kier alpha value is 0.0700. The second kappa shape index (κ2) is 19.4. The van der Waals surface area contributed by atoms with E-state index in [1.165, 1.54) is 70.6 Å². The van der Waals surface area contributed by atoms with Crippen LogP contribution in [0.3, 0.4) is 0 Å². The zero-order valence-electron chi connectivity index (χ0n) is 16.5. The van der Waals surface area contributed by atoms with Crippen LogP contribution in [0.25, 0.3) is 0 Å². The van der Waals surface area contributed by atoms with Crippen molar-refractivity contribution in [1.29, 1.82) is 0 Å². The van der Waals surface area contributed by atoms with Gasteiger partial charge >= 0.3 is 11.4 Å². The maximum atomic E-state index is 11.7. The number of unbranched alkanes of at least 4 members (excludes halogenated alkanes) is 10. The van der Waals surface area contributed by atoms with Crippen molar-refractivity contribution >= 4 is 11.4 Å². The Morgan fingerprint density at radius 2 is 1.25 bits per heavy atom. The van der Waals surface area contributed by atoms with Crippen molar-refractivity contribution < 1.29 is 12.6 Å². The summed E-state index contributed by atoms with van der Waals surface area (Å²) in [4.78, 5) is 0. The van der Waals surface area contributed by atoms with Gasteiger partial charge < -0.3 is 0 Å². The lowest BCUT2D eigenvalue weighted by molar-refractivity contribution is 0.205. The Bertz CT molecular complexity index is 272. The van der Waals surface area contributed by atoms with Crippen molar-refractivity contribution in [2.24, 2.45) is 5.92 Å². The monoisotopic (exact) mass is 362 g/mol. The van der Waals surface area contributed by atoms with Crippen molar-refractivity contribution in [2.75, 3.05) is 13.2 Å². The number of hydrogen-bond acceptors (Lipinski definition) is 3. The van der Waals surface area contributed by atoms with Gasteiger partial charge in [-0.25, -0.2) is 0 Å². The minimum atomic E-state index is -1.56. The fourth-order valence-corrected chi connectivity index (χ4v) is 3.43. The molecule has 146 valence electrons. The van der Waals surface area contributed by atoms with E-state index in [4.69, 9.17) is 8.37 Å². The van der Waals surface area contributed by atoms with Crippen molar-refractivity contribution in [3.8, 4) is 0 Å². The highest BCUT2D eigenvalue weighted by Gasteiger charge is 2.09. The topological polar surface area (TPSA) is 35.5 Å². The summed E-state index contributed by atoms with van der Waals surface area (Å²) < 4.78 is 22.3. The lowest BCUT2D eigenvalue weighted by Crippen LogP contribution is -2.12. The highest BCUT2D eigenvalue weighted by Crippen LogP contribution is 2.14. The molecule has 4 heteroatoms. The maximum Gasteiger partial charge on any atom is 0.304 e. The van der Waals surface area contributed by atoms with E-state index >= 15 is 0 Å². The van der Waals surface area contributed by atoms with Gasteiger partial charge in [-0.05, 0) is 18.8 Å². The average Bonchev–Trinajstić information content (AvgIpc) is 2.59. The second-order valence-electron chi connectivity index (χ2n) is 6.91. The van der Waals surface area contributed by atoms with Crippen LogP contribution < -0.4 is 0 Å². The summed E-state index contributed by atoms with van der Waals surface area (Å²) in [6, 6.07) is 0. The van der Waals surface area contributed by atoms with Gasteiger partial charge in [0.25, 0.3) is 0 Å². The summed E-state index contributed by atoms with van der Waals surface area (Å²) in [6.07, 6.45) is 17.6. The van der Waals surface area contributed by atoms with E-state index in [9.17, 15) is 4.21 Å². The van der Waals surface area contributed by atoms with Crippen LogP contribution in [-0.4, -0.2) is 17.4 Å². The molecule has 0 aromatic carbocycles. The standard InChI is InChI=1S/C20H42O3S/c1-4-7-9-10-11-12-13-14-15-16-18-22-24(21)23-19-20(6-3)17-8-5-2/h20H,4-19H2,1-3H3. The van der Waals surface area contributed by atoms with Gasteiger partial charge in [0.1, 0.15) is 0 Å². The average molecular weight is 363 g/mol. The Morgan fingerprint density at radius 3 is 1.79 bits per heavy atom. The molecule has 0 rings (SSSR count). The molecule has 0 aliphatic carbocycles. The number of rotatable bonds is 19. The van der Waals surface area contributed by atoms with Gasteiger partial charge in [-0.2, -0.15) is 4.21 Å². The molecule has 0 radical (unpaired) electrons. The molecule has 2 atom stereocenters. The molecule has 0 amide bonds. The lowest BCUT2D eigenvalue weighted by atomic mass is 10.0. The maximum absolute atomic E-state index is 11.7. The molecule has 0 saturated carbocycles. The van der Waals surface area contributed by atoms with Gasteiger partial charge in [-0.15, -0.1) is 0 Å². The van der Waals surface area contributed by atoms with E-state index in [-0.39, 0.29) is 0 Å². The van der Waals surface area contributed by atoms with Gasteiger partial charge in [0.2, 0.25) is 0 Å². The highest BCUT2D eigenvalue weighted by atomic mass is 32.2. The van der Waals surface area contributed by atoms with E-state index in [0.717, 1.165) is 19.3 Å². The molecule has 0 heterocycles. The zero-order valence-corrected chi connectivity index (χ0v) is 17.3. The van der Waals surface area contributed by atoms with Crippen molar-refractivity contribution in [2.45, 2.75) is 111 Å². The van der Waals surface area contributed by atoms with Gasteiger partial charge in [-0.1, -0.05) is 97.8 Å². The molecule has 3 nitrogen and oxygen atoms in total. The molecule has 2 unspecified atom stereocenters. The van der Waals surface area contributed by atoms with Gasteiger partial charge in [0, 0.05) is 0 Å². The molecule has 0 saturated heterocycles. The largest absolute Gasteiger partial charge is 0.304 e.